The second-order valence-corrected chi connectivity index (χ2v) is 4.34. The molecule has 1 aromatic carbocycles. The van der Waals surface area contributed by atoms with Gasteiger partial charge in [0.2, 0.25) is 0 Å². The van der Waals surface area contributed by atoms with Crippen LogP contribution in [0.25, 0.3) is 11.3 Å². The van der Waals surface area contributed by atoms with Crippen molar-refractivity contribution in [3.63, 3.8) is 0 Å². The summed E-state index contributed by atoms with van der Waals surface area (Å²) in [5, 5.41) is 13.3. The van der Waals surface area contributed by atoms with E-state index in [1.807, 2.05) is 6.07 Å². The van der Waals surface area contributed by atoms with Crippen molar-refractivity contribution in [2.45, 2.75) is 0 Å². The lowest BCUT2D eigenvalue weighted by molar-refractivity contribution is 0.171. The Morgan fingerprint density at radius 1 is 1.25 bits per heavy atom. The molecule has 100 valence electrons. The van der Waals surface area contributed by atoms with E-state index in [-0.39, 0.29) is 11.1 Å². The predicted octanol–water partition coefficient (Wildman–Crippen LogP) is 1.09. The van der Waals surface area contributed by atoms with Crippen LogP contribution < -0.4 is 15.0 Å². The van der Waals surface area contributed by atoms with Crippen molar-refractivity contribution in [2.24, 2.45) is 7.05 Å². The third-order valence-corrected chi connectivity index (χ3v) is 3.03. The lowest BCUT2D eigenvalue weighted by Crippen LogP contribution is -2.20. The Labute approximate surface area is 114 Å². The summed E-state index contributed by atoms with van der Waals surface area (Å²) in [5.74, 6) is 1.29. The van der Waals surface area contributed by atoms with Crippen LogP contribution >= 0.6 is 0 Å². The first kappa shape index (κ1) is 12.2. The van der Waals surface area contributed by atoms with Crippen LogP contribution in [0.15, 0.2) is 29.1 Å². The summed E-state index contributed by atoms with van der Waals surface area (Å²) < 4.78 is 12.2. The molecule has 20 heavy (non-hydrogen) atoms. The van der Waals surface area contributed by atoms with Crippen LogP contribution in [0.1, 0.15) is 5.56 Å². The summed E-state index contributed by atoms with van der Waals surface area (Å²) in [7, 11) is 1.55. The Morgan fingerprint density at radius 2 is 2.00 bits per heavy atom. The lowest BCUT2D eigenvalue weighted by Gasteiger charge is -2.18. The van der Waals surface area contributed by atoms with Crippen molar-refractivity contribution in [3.8, 4) is 28.8 Å². The Morgan fingerprint density at radius 3 is 2.75 bits per heavy atom. The summed E-state index contributed by atoms with van der Waals surface area (Å²) in [6.45, 7) is 1.01. The molecule has 0 unspecified atom stereocenters. The third kappa shape index (κ3) is 1.99. The summed E-state index contributed by atoms with van der Waals surface area (Å²) >= 11 is 0. The Hall–Kier alpha value is -2.81. The monoisotopic (exact) mass is 269 g/mol. The first-order valence-corrected chi connectivity index (χ1v) is 6.07. The molecular weight excluding hydrogens is 258 g/mol. The number of hydrogen-bond donors (Lipinski definition) is 0. The molecule has 0 N–H and O–H groups in total. The normalized spacial score (nSPS) is 12.8. The van der Waals surface area contributed by atoms with E-state index >= 15 is 0 Å². The van der Waals surface area contributed by atoms with Gasteiger partial charge in [0, 0.05) is 18.7 Å². The molecule has 2 heterocycles. The SMILES string of the molecule is Cn1nc(-c2ccc3c(c2)OCCO3)c(C#N)cc1=O. The van der Waals surface area contributed by atoms with Gasteiger partial charge in [-0.2, -0.15) is 10.4 Å². The van der Waals surface area contributed by atoms with E-state index in [2.05, 4.69) is 5.10 Å². The number of fused-ring (bicyclic) bond motifs is 1. The second kappa shape index (κ2) is 4.70. The van der Waals surface area contributed by atoms with E-state index in [1.54, 1.807) is 25.2 Å². The van der Waals surface area contributed by atoms with E-state index in [1.165, 1.54) is 10.7 Å². The quantitative estimate of drug-likeness (QED) is 0.774. The van der Waals surface area contributed by atoms with Gasteiger partial charge in [0.05, 0.1) is 5.56 Å². The maximum absolute atomic E-state index is 11.5. The molecule has 0 atom stereocenters. The lowest BCUT2D eigenvalue weighted by atomic mass is 10.1. The summed E-state index contributed by atoms with van der Waals surface area (Å²) in [5.41, 5.74) is 1.08. The average Bonchev–Trinajstić information content (AvgIpc) is 2.49. The second-order valence-electron chi connectivity index (χ2n) is 4.34. The molecule has 0 aliphatic carbocycles. The van der Waals surface area contributed by atoms with Crippen LogP contribution in [0.3, 0.4) is 0 Å². The summed E-state index contributed by atoms with van der Waals surface area (Å²) in [6, 6.07) is 8.61. The molecule has 2 aromatic rings. The molecule has 3 rings (SSSR count). The highest BCUT2D eigenvalue weighted by Gasteiger charge is 2.15. The van der Waals surface area contributed by atoms with Crippen molar-refractivity contribution in [1.29, 1.82) is 5.26 Å². The van der Waals surface area contributed by atoms with E-state index in [0.29, 0.717) is 36.0 Å². The van der Waals surface area contributed by atoms with Crippen LogP contribution in [0.5, 0.6) is 11.5 Å². The molecule has 1 aliphatic heterocycles. The molecule has 6 nitrogen and oxygen atoms in total. The van der Waals surface area contributed by atoms with Crippen molar-refractivity contribution in [2.75, 3.05) is 13.2 Å². The largest absolute Gasteiger partial charge is 0.486 e. The molecule has 0 spiro atoms. The molecule has 6 heteroatoms. The Kier molecular flexibility index (Phi) is 2.88. The fourth-order valence-electron chi connectivity index (χ4n) is 2.03. The highest BCUT2D eigenvalue weighted by Crippen LogP contribution is 2.34. The van der Waals surface area contributed by atoms with Crippen molar-refractivity contribution >= 4 is 0 Å². The van der Waals surface area contributed by atoms with Gasteiger partial charge in [-0.1, -0.05) is 0 Å². The van der Waals surface area contributed by atoms with E-state index in [9.17, 15) is 4.79 Å². The molecule has 0 amide bonds. The third-order valence-electron chi connectivity index (χ3n) is 3.03. The minimum atomic E-state index is -0.317. The predicted molar refractivity (Wildman–Crippen MR) is 70.6 cm³/mol. The zero-order valence-electron chi connectivity index (χ0n) is 10.8. The molecule has 0 saturated carbocycles. The minimum Gasteiger partial charge on any atom is -0.486 e. The van der Waals surface area contributed by atoms with Gasteiger partial charge in [-0.25, -0.2) is 4.68 Å². The number of hydrogen-bond acceptors (Lipinski definition) is 5. The minimum absolute atomic E-state index is 0.241. The Balaban J connectivity index is 2.16. The number of aromatic nitrogens is 2. The van der Waals surface area contributed by atoms with Gasteiger partial charge in [-0.05, 0) is 18.2 Å². The summed E-state index contributed by atoms with van der Waals surface area (Å²) in [6.07, 6.45) is 0. The van der Waals surface area contributed by atoms with Crippen LogP contribution in [0, 0.1) is 11.3 Å². The first-order chi connectivity index (χ1) is 9.69. The van der Waals surface area contributed by atoms with Crippen molar-refractivity contribution < 1.29 is 9.47 Å². The van der Waals surface area contributed by atoms with Gasteiger partial charge >= 0.3 is 0 Å². The van der Waals surface area contributed by atoms with Gasteiger partial charge in [-0.3, -0.25) is 4.79 Å². The van der Waals surface area contributed by atoms with Crippen LogP contribution in [0.4, 0.5) is 0 Å². The number of aryl methyl sites for hydroxylation is 1. The smallest absolute Gasteiger partial charge is 0.267 e. The zero-order chi connectivity index (χ0) is 14.1. The van der Waals surface area contributed by atoms with Crippen LogP contribution in [-0.2, 0) is 7.05 Å². The maximum atomic E-state index is 11.5. The average molecular weight is 269 g/mol. The number of nitrogens with zero attached hydrogens (tertiary/aromatic N) is 3. The topological polar surface area (TPSA) is 77.1 Å². The molecule has 0 saturated heterocycles. The van der Waals surface area contributed by atoms with Crippen LogP contribution in [0.2, 0.25) is 0 Å². The molecule has 0 fully saturated rings. The fraction of sp³-hybridized carbons (Fsp3) is 0.214. The number of nitriles is 1. The van der Waals surface area contributed by atoms with Gasteiger partial charge < -0.3 is 9.47 Å². The van der Waals surface area contributed by atoms with Gasteiger partial charge in [0.15, 0.2) is 11.5 Å². The first-order valence-electron chi connectivity index (χ1n) is 6.07. The highest BCUT2D eigenvalue weighted by molar-refractivity contribution is 5.69. The van der Waals surface area contributed by atoms with Gasteiger partial charge in [-0.15, -0.1) is 0 Å². The molecule has 1 aliphatic rings. The zero-order valence-corrected chi connectivity index (χ0v) is 10.8. The molecule has 0 radical (unpaired) electrons. The molecular formula is C14H11N3O3. The Bertz CT molecular complexity index is 774. The number of rotatable bonds is 1. The molecule has 1 aromatic heterocycles. The number of ether oxygens (including phenoxy) is 2. The number of benzene rings is 1. The van der Waals surface area contributed by atoms with E-state index in [4.69, 9.17) is 14.7 Å². The van der Waals surface area contributed by atoms with Gasteiger partial charge in [0.25, 0.3) is 5.56 Å². The van der Waals surface area contributed by atoms with Crippen LogP contribution in [-0.4, -0.2) is 23.0 Å². The summed E-state index contributed by atoms with van der Waals surface area (Å²) in [4.78, 5) is 11.5. The standard InChI is InChI=1S/C14H11N3O3/c1-17-13(18)7-10(8-15)14(16-17)9-2-3-11-12(6-9)20-5-4-19-11/h2-3,6-7H,4-5H2,1H3. The van der Waals surface area contributed by atoms with E-state index in [0.717, 1.165) is 0 Å². The van der Waals surface area contributed by atoms with Gasteiger partial charge in [0.1, 0.15) is 25.0 Å². The van der Waals surface area contributed by atoms with Crippen molar-refractivity contribution in [1.82, 2.24) is 9.78 Å². The highest BCUT2D eigenvalue weighted by atomic mass is 16.6. The fourth-order valence-corrected chi connectivity index (χ4v) is 2.03. The molecule has 0 bridgehead atoms. The van der Waals surface area contributed by atoms with Crippen molar-refractivity contribution in [3.05, 3.63) is 40.2 Å². The van der Waals surface area contributed by atoms with E-state index < -0.39 is 0 Å². The maximum Gasteiger partial charge on any atom is 0.267 e.